The van der Waals surface area contributed by atoms with Crippen molar-refractivity contribution in [2.24, 2.45) is 14.1 Å². The average molecular weight is 332 g/mol. The highest BCUT2D eigenvalue weighted by molar-refractivity contribution is 5.52. The molecule has 2 N–H and O–H groups in total. The molecule has 0 fully saturated rings. The molecule has 2 atom stereocenters. The number of aliphatic hydroxyl groups excluding tert-OH is 1. The third kappa shape index (κ3) is 3.07. The van der Waals surface area contributed by atoms with Gasteiger partial charge in [0.25, 0.3) is 5.56 Å². The van der Waals surface area contributed by atoms with Crippen molar-refractivity contribution in [1.29, 1.82) is 5.26 Å². The summed E-state index contributed by atoms with van der Waals surface area (Å²) in [6, 6.07) is 6.46. The number of benzene rings is 1. The lowest BCUT2D eigenvalue weighted by atomic mass is 10.0. The predicted molar refractivity (Wildman–Crippen MR) is 86.1 cm³/mol. The summed E-state index contributed by atoms with van der Waals surface area (Å²) >= 11 is 0. The minimum absolute atomic E-state index is 0.0271. The molecule has 7 nitrogen and oxygen atoms in total. The van der Waals surface area contributed by atoms with Crippen LogP contribution in [0.5, 0.6) is 0 Å². The van der Waals surface area contributed by atoms with Crippen molar-refractivity contribution in [2.75, 3.05) is 5.32 Å². The Hall–Kier alpha value is -2.92. The fourth-order valence-electron chi connectivity index (χ4n) is 2.36. The van der Waals surface area contributed by atoms with Gasteiger partial charge in [0, 0.05) is 14.1 Å². The molecule has 0 radical (unpaired) electrons. The Balaban J connectivity index is 2.41. The Morgan fingerprint density at radius 3 is 2.33 bits per heavy atom. The van der Waals surface area contributed by atoms with Crippen LogP contribution in [0.15, 0.2) is 33.9 Å². The summed E-state index contributed by atoms with van der Waals surface area (Å²) in [6.07, 6.45) is -1.03. The number of anilines is 1. The van der Waals surface area contributed by atoms with Crippen LogP contribution >= 0.6 is 0 Å². The molecule has 1 aromatic carbocycles. The fraction of sp³-hybridized carbons (Fsp3) is 0.312. The van der Waals surface area contributed by atoms with E-state index in [2.05, 4.69) is 5.32 Å². The van der Waals surface area contributed by atoms with Crippen LogP contribution < -0.4 is 16.6 Å². The van der Waals surface area contributed by atoms with Gasteiger partial charge in [0.1, 0.15) is 17.7 Å². The molecular weight excluding hydrogens is 315 g/mol. The SMILES string of the molecule is CC(Nc1c(C#N)c(=O)n(C)c(=O)n1C)C(O)c1ccc(F)cc1. The number of aliphatic hydroxyl groups is 1. The molecule has 0 aliphatic heterocycles. The van der Waals surface area contributed by atoms with Crippen LogP contribution in [0.2, 0.25) is 0 Å². The zero-order chi connectivity index (χ0) is 18.0. The molecule has 0 saturated heterocycles. The van der Waals surface area contributed by atoms with E-state index in [0.29, 0.717) is 5.56 Å². The molecule has 0 bridgehead atoms. The van der Waals surface area contributed by atoms with Crippen LogP contribution in [0, 0.1) is 17.1 Å². The van der Waals surface area contributed by atoms with Crippen LogP contribution in [0.1, 0.15) is 24.2 Å². The molecule has 24 heavy (non-hydrogen) atoms. The van der Waals surface area contributed by atoms with Crippen LogP contribution in [0.25, 0.3) is 0 Å². The Morgan fingerprint density at radius 1 is 1.21 bits per heavy atom. The standard InChI is InChI=1S/C16H17FN4O3/c1-9(13(22)10-4-6-11(17)7-5-10)19-14-12(8-18)15(23)21(3)16(24)20(14)2/h4-7,9,13,19,22H,1-3H3. The van der Waals surface area contributed by atoms with Gasteiger partial charge in [0.05, 0.1) is 12.1 Å². The third-order valence-corrected chi connectivity index (χ3v) is 3.83. The van der Waals surface area contributed by atoms with Gasteiger partial charge in [0.15, 0.2) is 5.56 Å². The molecule has 0 saturated carbocycles. The number of hydrogen-bond donors (Lipinski definition) is 2. The monoisotopic (exact) mass is 332 g/mol. The molecule has 2 unspecified atom stereocenters. The smallest absolute Gasteiger partial charge is 0.332 e. The summed E-state index contributed by atoms with van der Waals surface area (Å²) in [4.78, 5) is 24.0. The quantitative estimate of drug-likeness (QED) is 0.855. The maximum absolute atomic E-state index is 13.0. The molecule has 2 aromatic rings. The lowest BCUT2D eigenvalue weighted by Crippen LogP contribution is -2.41. The molecule has 1 heterocycles. The molecular formula is C16H17FN4O3. The lowest BCUT2D eigenvalue weighted by molar-refractivity contribution is 0.160. The summed E-state index contributed by atoms with van der Waals surface area (Å²) in [6.45, 7) is 1.62. The summed E-state index contributed by atoms with van der Waals surface area (Å²) in [5.74, 6) is -0.397. The van der Waals surface area contributed by atoms with Gasteiger partial charge in [-0.25, -0.2) is 9.18 Å². The summed E-state index contributed by atoms with van der Waals surface area (Å²) in [5.41, 5.74) is -1.07. The zero-order valence-corrected chi connectivity index (χ0v) is 13.4. The second-order valence-corrected chi connectivity index (χ2v) is 5.47. The highest BCUT2D eigenvalue weighted by Crippen LogP contribution is 2.20. The number of nitrogens with zero attached hydrogens (tertiary/aromatic N) is 3. The van der Waals surface area contributed by atoms with Gasteiger partial charge in [-0.3, -0.25) is 13.9 Å². The Kier molecular flexibility index (Phi) is 4.85. The fourth-order valence-corrected chi connectivity index (χ4v) is 2.36. The summed E-state index contributed by atoms with van der Waals surface area (Å²) in [7, 11) is 2.70. The van der Waals surface area contributed by atoms with E-state index in [1.54, 1.807) is 13.0 Å². The van der Waals surface area contributed by atoms with Gasteiger partial charge in [-0.1, -0.05) is 12.1 Å². The van der Waals surface area contributed by atoms with Gasteiger partial charge < -0.3 is 10.4 Å². The van der Waals surface area contributed by atoms with Gasteiger partial charge in [-0.2, -0.15) is 5.26 Å². The lowest BCUT2D eigenvalue weighted by Gasteiger charge is -2.23. The Labute approximate surface area is 137 Å². The van der Waals surface area contributed by atoms with Crippen molar-refractivity contribution in [3.8, 4) is 6.07 Å². The van der Waals surface area contributed by atoms with E-state index in [1.165, 1.54) is 38.4 Å². The number of nitrogens with one attached hydrogen (secondary N) is 1. The number of halogens is 1. The van der Waals surface area contributed by atoms with Crippen LogP contribution in [-0.2, 0) is 14.1 Å². The van der Waals surface area contributed by atoms with E-state index in [0.717, 1.165) is 9.13 Å². The second kappa shape index (κ2) is 6.68. The van der Waals surface area contributed by atoms with Crippen molar-refractivity contribution < 1.29 is 9.50 Å². The van der Waals surface area contributed by atoms with Gasteiger partial charge >= 0.3 is 5.69 Å². The molecule has 2 rings (SSSR count). The Bertz CT molecular complexity index is 909. The molecule has 0 spiro atoms. The van der Waals surface area contributed by atoms with Crippen LogP contribution in [0.3, 0.4) is 0 Å². The zero-order valence-electron chi connectivity index (χ0n) is 13.4. The third-order valence-electron chi connectivity index (χ3n) is 3.83. The van der Waals surface area contributed by atoms with Crippen LogP contribution in [0.4, 0.5) is 10.2 Å². The van der Waals surface area contributed by atoms with Crippen molar-refractivity contribution in [3.63, 3.8) is 0 Å². The van der Waals surface area contributed by atoms with E-state index in [1.807, 2.05) is 0 Å². The van der Waals surface area contributed by atoms with E-state index in [-0.39, 0.29) is 11.4 Å². The minimum Gasteiger partial charge on any atom is -0.386 e. The number of rotatable bonds is 4. The van der Waals surface area contributed by atoms with Crippen LogP contribution in [-0.4, -0.2) is 20.3 Å². The van der Waals surface area contributed by atoms with Crippen molar-refractivity contribution in [1.82, 2.24) is 9.13 Å². The first-order chi connectivity index (χ1) is 11.3. The van der Waals surface area contributed by atoms with Crippen molar-refractivity contribution >= 4 is 5.82 Å². The van der Waals surface area contributed by atoms with E-state index < -0.39 is 29.2 Å². The minimum atomic E-state index is -1.03. The van der Waals surface area contributed by atoms with E-state index in [9.17, 15) is 24.3 Å². The normalized spacial score (nSPS) is 13.2. The first kappa shape index (κ1) is 17.4. The molecule has 126 valence electrons. The summed E-state index contributed by atoms with van der Waals surface area (Å²) in [5, 5.41) is 22.4. The molecule has 0 amide bonds. The number of hydrogen-bond acceptors (Lipinski definition) is 5. The first-order valence-electron chi connectivity index (χ1n) is 7.18. The van der Waals surface area contributed by atoms with E-state index >= 15 is 0 Å². The van der Waals surface area contributed by atoms with Gasteiger partial charge in [0.2, 0.25) is 0 Å². The van der Waals surface area contributed by atoms with Crippen molar-refractivity contribution in [3.05, 3.63) is 62.0 Å². The molecule has 1 aromatic heterocycles. The Morgan fingerprint density at radius 2 is 1.79 bits per heavy atom. The highest BCUT2D eigenvalue weighted by Gasteiger charge is 2.21. The second-order valence-electron chi connectivity index (χ2n) is 5.47. The van der Waals surface area contributed by atoms with Gasteiger partial charge in [-0.15, -0.1) is 0 Å². The molecule has 0 aliphatic rings. The number of nitriles is 1. The predicted octanol–water partition coefficient (Wildman–Crippen LogP) is 0.629. The van der Waals surface area contributed by atoms with E-state index in [4.69, 9.17) is 0 Å². The van der Waals surface area contributed by atoms with Gasteiger partial charge in [-0.05, 0) is 24.6 Å². The molecule has 0 aliphatic carbocycles. The first-order valence-corrected chi connectivity index (χ1v) is 7.18. The maximum Gasteiger partial charge on any atom is 0.332 e. The largest absolute Gasteiger partial charge is 0.386 e. The topological polar surface area (TPSA) is 100 Å². The maximum atomic E-state index is 13.0. The number of aromatic nitrogens is 2. The van der Waals surface area contributed by atoms with Crippen molar-refractivity contribution in [2.45, 2.75) is 19.1 Å². The highest BCUT2D eigenvalue weighted by atomic mass is 19.1. The molecule has 8 heteroatoms. The summed E-state index contributed by atoms with van der Waals surface area (Å²) < 4.78 is 14.9. The average Bonchev–Trinajstić information content (AvgIpc) is 2.58.